The second-order valence-corrected chi connectivity index (χ2v) is 7.24. The van der Waals surface area contributed by atoms with Crippen molar-refractivity contribution >= 4 is 10.9 Å². The number of aromatic nitrogens is 1. The monoisotopic (exact) mass is 326 g/mol. The largest absolute Gasteiger partial charge is 0.497 e. The normalized spacial score (nSPS) is 30.5. The Morgan fingerprint density at radius 3 is 2.96 bits per heavy atom. The van der Waals surface area contributed by atoms with Gasteiger partial charge in [-0.05, 0) is 61.1 Å². The van der Waals surface area contributed by atoms with Gasteiger partial charge in [0.05, 0.1) is 18.7 Å². The average molecular weight is 326 g/mol. The minimum Gasteiger partial charge on any atom is -0.497 e. The van der Waals surface area contributed by atoms with E-state index in [0.29, 0.717) is 0 Å². The molecule has 1 N–H and O–H groups in total. The van der Waals surface area contributed by atoms with E-state index >= 15 is 0 Å². The third-order valence-corrected chi connectivity index (χ3v) is 6.13. The summed E-state index contributed by atoms with van der Waals surface area (Å²) in [7, 11) is 1.67. The summed E-state index contributed by atoms with van der Waals surface area (Å²) in [6.45, 7) is 4.55. The molecule has 5 atom stereocenters. The van der Waals surface area contributed by atoms with Crippen LogP contribution in [0, 0.1) is 11.8 Å². The van der Waals surface area contributed by atoms with E-state index in [1.807, 2.05) is 24.3 Å². The lowest BCUT2D eigenvalue weighted by Gasteiger charge is -2.51. The number of ether oxygens (including phenoxy) is 1. The van der Waals surface area contributed by atoms with E-state index in [0.717, 1.165) is 53.6 Å². The number of rotatable bonds is 4. The number of hydrogen-bond acceptors (Lipinski definition) is 4. The van der Waals surface area contributed by atoms with Crippen molar-refractivity contribution in [1.82, 2.24) is 9.88 Å². The first-order chi connectivity index (χ1) is 11.7. The molecule has 0 amide bonds. The number of aliphatic hydroxyl groups excluding tert-OH is 1. The molecule has 3 aliphatic rings. The number of benzene rings is 1. The van der Waals surface area contributed by atoms with Crippen LogP contribution in [0.3, 0.4) is 0 Å². The van der Waals surface area contributed by atoms with Crippen LogP contribution >= 0.6 is 0 Å². The Bertz CT molecular complexity index is 733. The third kappa shape index (κ3) is 2.58. The van der Waals surface area contributed by atoms with Gasteiger partial charge in [0.25, 0.3) is 0 Å². The molecule has 0 spiro atoms. The number of nitrogens with zero attached hydrogens (tertiary/aromatic N) is 2. The predicted molar refractivity (Wildman–Crippen MR) is 95.1 cm³/mol. The van der Waals surface area contributed by atoms with Crippen LogP contribution in [-0.4, -0.2) is 41.2 Å². The van der Waals surface area contributed by atoms with E-state index in [4.69, 9.17) is 4.74 Å². The zero-order valence-corrected chi connectivity index (χ0v) is 14.5. The Hall–Kier alpha value is -1.65. The van der Waals surface area contributed by atoms with Crippen LogP contribution in [0.25, 0.3) is 10.9 Å². The number of fused-ring (bicyclic) bond motifs is 4. The summed E-state index contributed by atoms with van der Waals surface area (Å²) in [6, 6.07) is 8.07. The molecule has 3 saturated heterocycles. The summed E-state index contributed by atoms with van der Waals surface area (Å²) >= 11 is 0. The molecule has 1 unspecified atom stereocenters. The van der Waals surface area contributed by atoms with Crippen molar-refractivity contribution in [3.8, 4) is 5.75 Å². The number of pyridine rings is 1. The standard InChI is InChI=1S/C20H26N2O2/c1-3-13-12-22-9-7-14(13)10-19(22)20(23)16-6-8-21-18-5-4-15(24-2)11-17(16)18/h4-6,8,11,13-14,19-20,23H,3,7,9-10,12H2,1-2H3/t13-,14+,19-,20+/m0/s1. The second kappa shape index (κ2) is 6.34. The van der Waals surface area contributed by atoms with Crippen molar-refractivity contribution in [3.05, 3.63) is 36.0 Å². The molecule has 0 radical (unpaired) electrons. The highest BCUT2D eigenvalue weighted by Gasteiger charge is 2.42. The molecule has 2 aromatic rings. The molecule has 4 nitrogen and oxygen atoms in total. The van der Waals surface area contributed by atoms with Crippen LogP contribution in [-0.2, 0) is 0 Å². The minimum absolute atomic E-state index is 0.225. The molecule has 1 aromatic heterocycles. The molecular formula is C20H26N2O2. The fraction of sp³-hybridized carbons (Fsp3) is 0.550. The highest BCUT2D eigenvalue weighted by atomic mass is 16.5. The molecule has 2 bridgehead atoms. The molecule has 1 aromatic carbocycles. The van der Waals surface area contributed by atoms with Gasteiger partial charge in [-0.2, -0.15) is 0 Å². The minimum atomic E-state index is -0.469. The van der Waals surface area contributed by atoms with Crippen molar-refractivity contribution in [3.63, 3.8) is 0 Å². The topological polar surface area (TPSA) is 45.6 Å². The summed E-state index contributed by atoms with van der Waals surface area (Å²) in [5.74, 6) is 2.37. The van der Waals surface area contributed by atoms with E-state index in [1.165, 1.54) is 12.8 Å². The first kappa shape index (κ1) is 15.9. The van der Waals surface area contributed by atoms with Gasteiger partial charge in [-0.15, -0.1) is 0 Å². The Morgan fingerprint density at radius 1 is 1.38 bits per heavy atom. The quantitative estimate of drug-likeness (QED) is 0.935. The van der Waals surface area contributed by atoms with Crippen LogP contribution in [0.4, 0.5) is 0 Å². The van der Waals surface area contributed by atoms with Gasteiger partial charge in [0.1, 0.15) is 5.75 Å². The first-order valence-electron chi connectivity index (χ1n) is 9.06. The molecule has 0 saturated carbocycles. The van der Waals surface area contributed by atoms with Gasteiger partial charge in [-0.1, -0.05) is 13.3 Å². The number of methoxy groups -OCH3 is 1. The molecule has 4 heteroatoms. The molecular weight excluding hydrogens is 300 g/mol. The summed E-state index contributed by atoms with van der Waals surface area (Å²) in [4.78, 5) is 6.94. The van der Waals surface area contributed by atoms with Crippen LogP contribution in [0.1, 0.15) is 37.9 Å². The lowest BCUT2D eigenvalue weighted by molar-refractivity contribution is -0.0562. The van der Waals surface area contributed by atoms with E-state index in [2.05, 4.69) is 16.8 Å². The van der Waals surface area contributed by atoms with Gasteiger partial charge < -0.3 is 9.84 Å². The molecule has 24 heavy (non-hydrogen) atoms. The van der Waals surface area contributed by atoms with Crippen molar-refractivity contribution in [1.29, 1.82) is 0 Å². The van der Waals surface area contributed by atoms with Gasteiger partial charge in [-0.3, -0.25) is 9.88 Å². The third-order valence-electron chi connectivity index (χ3n) is 6.13. The van der Waals surface area contributed by atoms with Gasteiger partial charge in [0.15, 0.2) is 0 Å². The van der Waals surface area contributed by atoms with E-state index in [-0.39, 0.29) is 6.04 Å². The molecule has 3 fully saturated rings. The van der Waals surface area contributed by atoms with Crippen LogP contribution in [0.5, 0.6) is 5.75 Å². The van der Waals surface area contributed by atoms with E-state index < -0.39 is 6.10 Å². The predicted octanol–water partition coefficient (Wildman–Crippen LogP) is 3.40. The Kier molecular flexibility index (Phi) is 4.19. The number of hydrogen-bond donors (Lipinski definition) is 1. The van der Waals surface area contributed by atoms with Gasteiger partial charge >= 0.3 is 0 Å². The Morgan fingerprint density at radius 2 is 2.25 bits per heavy atom. The first-order valence-corrected chi connectivity index (χ1v) is 9.06. The maximum absolute atomic E-state index is 11.2. The highest BCUT2D eigenvalue weighted by Crippen LogP contribution is 2.42. The summed E-state index contributed by atoms with van der Waals surface area (Å²) < 4.78 is 5.36. The lowest BCUT2D eigenvalue weighted by atomic mass is 9.72. The fourth-order valence-corrected chi connectivity index (χ4v) is 4.71. The Labute approximate surface area is 143 Å². The maximum atomic E-state index is 11.2. The van der Waals surface area contributed by atoms with Crippen molar-refractivity contribution in [2.24, 2.45) is 11.8 Å². The van der Waals surface area contributed by atoms with E-state index in [1.54, 1.807) is 13.3 Å². The fourth-order valence-electron chi connectivity index (χ4n) is 4.71. The Balaban J connectivity index is 1.68. The smallest absolute Gasteiger partial charge is 0.119 e. The van der Waals surface area contributed by atoms with Crippen molar-refractivity contribution < 1.29 is 9.84 Å². The molecule has 3 aliphatic heterocycles. The average Bonchev–Trinajstić information content (AvgIpc) is 2.66. The molecule has 0 aliphatic carbocycles. The highest BCUT2D eigenvalue weighted by molar-refractivity contribution is 5.83. The van der Waals surface area contributed by atoms with Gasteiger partial charge in [0.2, 0.25) is 0 Å². The van der Waals surface area contributed by atoms with Crippen LogP contribution < -0.4 is 4.74 Å². The zero-order valence-electron chi connectivity index (χ0n) is 14.5. The molecule has 5 rings (SSSR count). The molecule has 4 heterocycles. The molecule has 128 valence electrons. The van der Waals surface area contributed by atoms with E-state index in [9.17, 15) is 5.11 Å². The van der Waals surface area contributed by atoms with Crippen molar-refractivity contribution in [2.75, 3.05) is 20.2 Å². The SMILES string of the molecule is CC[C@H]1CN2CC[C@@H]1C[C@H]2[C@H](O)c1ccnc2ccc(OC)cc12. The van der Waals surface area contributed by atoms with Crippen LogP contribution in [0.15, 0.2) is 30.5 Å². The zero-order chi connectivity index (χ0) is 16.7. The second-order valence-electron chi connectivity index (χ2n) is 7.24. The lowest BCUT2D eigenvalue weighted by Crippen LogP contribution is -2.55. The summed E-state index contributed by atoms with van der Waals surface area (Å²) in [5.41, 5.74) is 1.89. The summed E-state index contributed by atoms with van der Waals surface area (Å²) in [6.07, 6.45) is 4.97. The number of aliphatic hydroxyl groups is 1. The van der Waals surface area contributed by atoms with Crippen molar-refractivity contribution in [2.45, 2.75) is 38.3 Å². The number of piperidine rings is 3. The maximum Gasteiger partial charge on any atom is 0.119 e. The summed E-state index contributed by atoms with van der Waals surface area (Å²) in [5, 5.41) is 12.2. The van der Waals surface area contributed by atoms with Gasteiger partial charge in [-0.25, -0.2) is 0 Å². The van der Waals surface area contributed by atoms with Crippen LogP contribution in [0.2, 0.25) is 0 Å². The van der Waals surface area contributed by atoms with Gasteiger partial charge in [0, 0.05) is 24.2 Å².